The number of benzene rings is 1. The zero-order valence-electron chi connectivity index (χ0n) is 8.15. The highest BCUT2D eigenvalue weighted by atomic mass is 16.5. The van der Waals surface area contributed by atoms with E-state index in [1.54, 1.807) is 0 Å². The normalized spacial score (nSPS) is 26.6. The lowest BCUT2D eigenvalue weighted by Gasteiger charge is -2.12. The van der Waals surface area contributed by atoms with Crippen molar-refractivity contribution in [2.24, 2.45) is 5.73 Å². The van der Waals surface area contributed by atoms with Gasteiger partial charge in [0.1, 0.15) is 0 Å². The van der Waals surface area contributed by atoms with Crippen molar-refractivity contribution in [3.8, 4) is 0 Å². The molecule has 0 aromatic heterocycles. The van der Waals surface area contributed by atoms with Crippen molar-refractivity contribution in [2.75, 3.05) is 12.3 Å². The molecule has 0 saturated carbocycles. The Morgan fingerprint density at radius 2 is 1.93 bits per heavy atom. The Balaban J connectivity index is 2.06. The molecule has 1 aliphatic rings. The average Bonchev–Trinajstić information content (AvgIpc) is 2.67. The van der Waals surface area contributed by atoms with Crippen LogP contribution in [0.25, 0.3) is 0 Å². The molecule has 3 heteroatoms. The summed E-state index contributed by atoms with van der Waals surface area (Å²) in [6, 6.07) is 7.88. The molecule has 1 aliphatic heterocycles. The summed E-state index contributed by atoms with van der Waals surface area (Å²) in [5.74, 6) is 0. The van der Waals surface area contributed by atoms with Gasteiger partial charge < -0.3 is 16.2 Å². The van der Waals surface area contributed by atoms with Gasteiger partial charge in [-0.05, 0) is 30.5 Å². The van der Waals surface area contributed by atoms with Gasteiger partial charge >= 0.3 is 0 Å². The topological polar surface area (TPSA) is 61.3 Å². The minimum Gasteiger partial charge on any atom is -0.399 e. The second-order valence-corrected chi connectivity index (χ2v) is 3.73. The molecule has 1 aromatic carbocycles. The van der Waals surface area contributed by atoms with Crippen LogP contribution in [0, 0.1) is 0 Å². The van der Waals surface area contributed by atoms with E-state index < -0.39 is 0 Å². The quantitative estimate of drug-likeness (QED) is 0.697. The van der Waals surface area contributed by atoms with E-state index in [0.29, 0.717) is 6.54 Å². The summed E-state index contributed by atoms with van der Waals surface area (Å²) in [5.41, 5.74) is 13.2. The molecule has 4 N–H and O–H groups in total. The summed E-state index contributed by atoms with van der Waals surface area (Å²) < 4.78 is 5.77. The monoisotopic (exact) mass is 192 g/mol. The molecule has 1 fully saturated rings. The molecule has 14 heavy (non-hydrogen) atoms. The van der Waals surface area contributed by atoms with Gasteiger partial charge in [0.2, 0.25) is 0 Å². The average molecular weight is 192 g/mol. The molecule has 2 atom stereocenters. The molecular weight excluding hydrogens is 176 g/mol. The van der Waals surface area contributed by atoms with Gasteiger partial charge in [-0.25, -0.2) is 0 Å². The highest BCUT2D eigenvalue weighted by Gasteiger charge is 2.24. The molecule has 1 heterocycles. The lowest BCUT2D eigenvalue weighted by molar-refractivity contribution is 0.0498. The molecule has 0 aliphatic carbocycles. The number of nitrogens with two attached hydrogens (primary N) is 2. The maximum absolute atomic E-state index is 5.77. The van der Waals surface area contributed by atoms with E-state index in [9.17, 15) is 0 Å². The Kier molecular flexibility index (Phi) is 2.70. The van der Waals surface area contributed by atoms with E-state index in [1.807, 2.05) is 24.3 Å². The maximum atomic E-state index is 5.77. The van der Waals surface area contributed by atoms with Crippen molar-refractivity contribution in [1.29, 1.82) is 0 Å². The molecule has 2 rings (SSSR count). The lowest BCUT2D eigenvalue weighted by atomic mass is 10.1. The Morgan fingerprint density at radius 1 is 1.21 bits per heavy atom. The first-order valence-corrected chi connectivity index (χ1v) is 5.00. The summed E-state index contributed by atoms with van der Waals surface area (Å²) in [4.78, 5) is 0. The van der Waals surface area contributed by atoms with Gasteiger partial charge in [0, 0.05) is 12.2 Å². The maximum Gasteiger partial charge on any atom is 0.0830 e. The standard InChI is InChI=1S/C11H16N2O/c12-7-10-5-6-11(14-10)8-1-3-9(13)4-2-8/h1-4,10-11H,5-7,12-13H2/t10-,11+/m0/s1. The van der Waals surface area contributed by atoms with Crippen molar-refractivity contribution in [3.05, 3.63) is 29.8 Å². The third-order valence-corrected chi connectivity index (χ3v) is 2.68. The van der Waals surface area contributed by atoms with E-state index >= 15 is 0 Å². The van der Waals surface area contributed by atoms with Crippen molar-refractivity contribution < 1.29 is 4.74 Å². The minimum absolute atomic E-state index is 0.212. The van der Waals surface area contributed by atoms with Gasteiger partial charge in [0.25, 0.3) is 0 Å². The Hall–Kier alpha value is -1.06. The van der Waals surface area contributed by atoms with Crippen LogP contribution in [-0.4, -0.2) is 12.6 Å². The van der Waals surface area contributed by atoms with Crippen molar-refractivity contribution in [3.63, 3.8) is 0 Å². The van der Waals surface area contributed by atoms with E-state index in [1.165, 1.54) is 5.56 Å². The van der Waals surface area contributed by atoms with E-state index in [2.05, 4.69) is 0 Å². The number of hydrogen-bond donors (Lipinski definition) is 2. The molecule has 0 bridgehead atoms. The molecular formula is C11H16N2O. The number of ether oxygens (including phenoxy) is 1. The van der Waals surface area contributed by atoms with Crippen molar-refractivity contribution >= 4 is 5.69 Å². The Bertz CT molecular complexity index is 297. The first kappa shape index (κ1) is 9.49. The van der Waals surface area contributed by atoms with Gasteiger partial charge in [-0.3, -0.25) is 0 Å². The molecule has 1 aromatic rings. The Labute approximate surface area is 84.0 Å². The van der Waals surface area contributed by atoms with Crippen molar-refractivity contribution in [1.82, 2.24) is 0 Å². The van der Waals surface area contributed by atoms with E-state index in [0.717, 1.165) is 18.5 Å². The molecule has 76 valence electrons. The van der Waals surface area contributed by atoms with Crippen LogP contribution < -0.4 is 11.5 Å². The second-order valence-electron chi connectivity index (χ2n) is 3.73. The second kappa shape index (κ2) is 3.98. The molecule has 0 unspecified atom stereocenters. The predicted molar refractivity (Wildman–Crippen MR) is 56.8 cm³/mol. The largest absolute Gasteiger partial charge is 0.399 e. The highest BCUT2D eigenvalue weighted by Crippen LogP contribution is 2.32. The van der Waals surface area contributed by atoms with Gasteiger partial charge in [-0.1, -0.05) is 12.1 Å². The van der Waals surface area contributed by atoms with Crippen LogP contribution in [-0.2, 0) is 4.74 Å². The summed E-state index contributed by atoms with van der Waals surface area (Å²) >= 11 is 0. The summed E-state index contributed by atoms with van der Waals surface area (Å²) in [5, 5.41) is 0. The Morgan fingerprint density at radius 3 is 2.50 bits per heavy atom. The summed E-state index contributed by atoms with van der Waals surface area (Å²) in [6.45, 7) is 0.617. The summed E-state index contributed by atoms with van der Waals surface area (Å²) in [7, 11) is 0. The predicted octanol–water partition coefficient (Wildman–Crippen LogP) is 1.45. The van der Waals surface area contributed by atoms with Crippen LogP contribution >= 0.6 is 0 Å². The first-order chi connectivity index (χ1) is 6.79. The fourth-order valence-corrected chi connectivity index (χ4v) is 1.83. The van der Waals surface area contributed by atoms with Gasteiger partial charge in [0.15, 0.2) is 0 Å². The van der Waals surface area contributed by atoms with Crippen LogP contribution in [0.2, 0.25) is 0 Å². The van der Waals surface area contributed by atoms with E-state index in [4.69, 9.17) is 16.2 Å². The zero-order valence-corrected chi connectivity index (χ0v) is 8.15. The minimum atomic E-state index is 0.212. The SMILES string of the molecule is NC[C@@H]1CC[C@H](c2ccc(N)cc2)O1. The number of hydrogen-bond acceptors (Lipinski definition) is 3. The molecule has 0 spiro atoms. The van der Waals surface area contributed by atoms with Crippen LogP contribution in [0.1, 0.15) is 24.5 Å². The van der Waals surface area contributed by atoms with Gasteiger partial charge in [0.05, 0.1) is 12.2 Å². The van der Waals surface area contributed by atoms with Crippen LogP contribution in [0.3, 0.4) is 0 Å². The van der Waals surface area contributed by atoms with Crippen molar-refractivity contribution in [2.45, 2.75) is 25.0 Å². The first-order valence-electron chi connectivity index (χ1n) is 5.00. The van der Waals surface area contributed by atoms with E-state index in [-0.39, 0.29) is 12.2 Å². The fourth-order valence-electron chi connectivity index (χ4n) is 1.83. The van der Waals surface area contributed by atoms with Crippen LogP contribution in [0.5, 0.6) is 0 Å². The van der Waals surface area contributed by atoms with Crippen LogP contribution in [0.4, 0.5) is 5.69 Å². The summed E-state index contributed by atoms with van der Waals surface area (Å²) in [6.07, 6.45) is 2.57. The molecule has 1 saturated heterocycles. The smallest absolute Gasteiger partial charge is 0.0830 e. The number of nitrogen functional groups attached to an aromatic ring is 1. The van der Waals surface area contributed by atoms with Crippen LogP contribution in [0.15, 0.2) is 24.3 Å². The lowest BCUT2D eigenvalue weighted by Crippen LogP contribution is -2.18. The number of anilines is 1. The molecule has 0 amide bonds. The third-order valence-electron chi connectivity index (χ3n) is 2.68. The number of rotatable bonds is 2. The van der Waals surface area contributed by atoms with Gasteiger partial charge in [-0.2, -0.15) is 0 Å². The molecule has 3 nitrogen and oxygen atoms in total. The fraction of sp³-hybridized carbons (Fsp3) is 0.455. The van der Waals surface area contributed by atoms with Gasteiger partial charge in [-0.15, -0.1) is 0 Å². The molecule has 0 radical (unpaired) electrons. The zero-order chi connectivity index (χ0) is 9.97. The third kappa shape index (κ3) is 1.89. The highest BCUT2D eigenvalue weighted by molar-refractivity contribution is 5.40.